The molecule has 2 aromatic rings. The van der Waals surface area contributed by atoms with Gasteiger partial charge in [-0.1, -0.05) is 6.92 Å². The van der Waals surface area contributed by atoms with Crippen LogP contribution >= 0.6 is 11.8 Å². The number of carbonyl (C=O) groups is 2. The second-order valence-corrected chi connectivity index (χ2v) is 6.83. The first-order valence-corrected chi connectivity index (χ1v) is 8.72. The predicted molar refractivity (Wildman–Crippen MR) is 95.7 cm³/mol. The van der Waals surface area contributed by atoms with Crippen molar-refractivity contribution in [1.82, 2.24) is 4.90 Å². The molecule has 8 nitrogen and oxygen atoms in total. The van der Waals surface area contributed by atoms with Crippen LogP contribution in [0.15, 0.2) is 33.6 Å². The van der Waals surface area contributed by atoms with Crippen molar-refractivity contribution in [2.45, 2.75) is 25.3 Å². The molecular formula is C17H18N2O6S. The van der Waals surface area contributed by atoms with E-state index in [2.05, 4.69) is 0 Å². The van der Waals surface area contributed by atoms with Gasteiger partial charge in [-0.2, -0.15) is 0 Å². The average molecular weight is 378 g/mol. The van der Waals surface area contributed by atoms with Gasteiger partial charge in [0.15, 0.2) is 0 Å². The number of aromatic carboxylic acids is 1. The van der Waals surface area contributed by atoms with Crippen molar-refractivity contribution in [3.05, 3.63) is 57.0 Å². The smallest absolute Gasteiger partial charge is 0.339 e. The highest BCUT2D eigenvalue weighted by Gasteiger charge is 2.22. The Balaban J connectivity index is 2.29. The van der Waals surface area contributed by atoms with Crippen LogP contribution in [0.25, 0.3) is 0 Å². The number of amides is 1. The number of thioether (sulfide) groups is 1. The predicted octanol–water partition coefficient (Wildman–Crippen LogP) is 3.58. The third kappa shape index (κ3) is 4.23. The van der Waals surface area contributed by atoms with Crippen LogP contribution in [-0.2, 0) is 6.54 Å². The van der Waals surface area contributed by atoms with E-state index in [0.29, 0.717) is 16.4 Å². The summed E-state index contributed by atoms with van der Waals surface area (Å²) in [5.41, 5.74) is 0.109. The molecule has 0 aliphatic heterocycles. The van der Waals surface area contributed by atoms with Gasteiger partial charge in [-0.25, -0.2) is 4.79 Å². The number of nitro benzene ring substituents is 1. The molecule has 0 fully saturated rings. The second kappa shape index (κ2) is 8.05. The number of benzene rings is 1. The maximum absolute atomic E-state index is 12.8. The number of nitro groups is 1. The fourth-order valence-electron chi connectivity index (χ4n) is 2.43. The molecule has 1 heterocycles. The molecule has 26 heavy (non-hydrogen) atoms. The number of carboxylic acids is 1. The van der Waals surface area contributed by atoms with E-state index in [1.165, 1.54) is 48.8 Å². The first-order chi connectivity index (χ1) is 12.2. The lowest BCUT2D eigenvalue weighted by atomic mass is 10.1. The largest absolute Gasteiger partial charge is 0.478 e. The zero-order valence-electron chi connectivity index (χ0n) is 14.5. The molecule has 1 N–H and O–H groups in total. The first kappa shape index (κ1) is 19.5. The summed E-state index contributed by atoms with van der Waals surface area (Å²) < 4.78 is 5.38. The van der Waals surface area contributed by atoms with Crippen molar-refractivity contribution < 1.29 is 24.0 Å². The Morgan fingerprint density at radius 3 is 2.54 bits per heavy atom. The lowest BCUT2D eigenvalue weighted by Crippen LogP contribution is -2.26. The van der Waals surface area contributed by atoms with Crippen LogP contribution in [0.5, 0.6) is 0 Å². The Hall–Kier alpha value is -2.81. The lowest BCUT2D eigenvalue weighted by molar-refractivity contribution is -0.384. The number of aryl methyl sites for hydroxylation is 1. The first-order valence-electron chi connectivity index (χ1n) is 7.73. The quantitative estimate of drug-likeness (QED) is 0.445. The number of rotatable bonds is 7. The van der Waals surface area contributed by atoms with Crippen molar-refractivity contribution in [2.75, 3.05) is 12.8 Å². The van der Waals surface area contributed by atoms with Crippen molar-refractivity contribution in [1.29, 1.82) is 0 Å². The molecule has 1 aromatic carbocycles. The highest BCUT2D eigenvalue weighted by Crippen LogP contribution is 2.28. The number of carboxylic acid groups (broad SMARTS) is 1. The number of non-ortho nitro benzene ring substituents is 1. The molecule has 0 saturated heterocycles. The Kier molecular flexibility index (Phi) is 6.04. The van der Waals surface area contributed by atoms with Crippen molar-refractivity contribution in [3.63, 3.8) is 0 Å². The van der Waals surface area contributed by atoms with Crippen LogP contribution < -0.4 is 0 Å². The maximum Gasteiger partial charge on any atom is 0.339 e. The van der Waals surface area contributed by atoms with Gasteiger partial charge in [-0.3, -0.25) is 14.9 Å². The maximum atomic E-state index is 12.8. The molecular weight excluding hydrogens is 360 g/mol. The molecule has 0 spiro atoms. The van der Waals surface area contributed by atoms with E-state index in [0.717, 1.165) is 0 Å². The molecule has 1 amide bonds. The van der Waals surface area contributed by atoms with E-state index in [4.69, 9.17) is 9.52 Å². The Bertz CT molecular complexity index is 861. The zero-order valence-corrected chi connectivity index (χ0v) is 15.3. The van der Waals surface area contributed by atoms with Crippen LogP contribution in [0.4, 0.5) is 5.69 Å². The molecule has 0 atom stereocenters. The van der Waals surface area contributed by atoms with Gasteiger partial charge in [0.05, 0.1) is 17.0 Å². The molecule has 0 aliphatic rings. The van der Waals surface area contributed by atoms with Gasteiger partial charge in [-0.05, 0) is 24.8 Å². The number of carbonyl (C=O) groups excluding carboxylic acids is 1. The Morgan fingerprint density at radius 2 is 2.00 bits per heavy atom. The summed E-state index contributed by atoms with van der Waals surface area (Å²) in [6, 6.07) is 5.56. The van der Waals surface area contributed by atoms with Gasteiger partial charge in [0, 0.05) is 24.1 Å². The third-order valence-corrected chi connectivity index (χ3v) is 4.60. The monoisotopic (exact) mass is 378 g/mol. The van der Waals surface area contributed by atoms with E-state index in [1.807, 2.05) is 6.92 Å². The molecule has 138 valence electrons. The summed E-state index contributed by atoms with van der Waals surface area (Å²) in [5, 5.41) is 20.1. The standard InChI is InChI=1S/C17H18N2O6S/c1-4-26-15-6-5-11(19(23)24)7-14(15)16(20)18(3)9-12-8-13(17(21)22)10(2)25-12/h5-8H,4,9H2,1-3H3,(H,21,22). The molecule has 1 aromatic heterocycles. The van der Waals surface area contributed by atoms with E-state index < -0.39 is 16.8 Å². The summed E-state index contributed by atoms with van der Waals surface area (Å²) in [6.45, 7) is 3.50. The summed E-state index contributed by atoms with van der Waals surface area (Å²) in [5.74, 6) is -0.222. The highest BCUT2D eigenvalue weighted by atomic mass is 32.2. The van der Waals surface area contributed by atoms with Gasteiger partial charge < -0.3 is 14.4 Å². The number of furan rings is 1. The van der Waals surface area contributed by atoms with Gasteiger partial charge in [0.1, 0.15) is 17.1 Å². The topological polar surface area (TPSA) is 114 Å². The molecule has 9 heteroatoms. The molecule has 0 saturated carbocycles. The van der Waals surface area contributed by atoms with Crippen molar-refractivity contribution in [2.24, 2.45) is 0 Å². The fraction of sp³-hybridized carbons (Fsp3) is 0.294. The zero-order chi connectivity index (χ0) is 19.4. The van der Waals surface area contributed by atoms with Crippen LogP contribution in [0, 0.1) is 17.0 Å². The Labute approximate surface area is 153 Å². The van der Waals surface area contributed by atoms with Crippen LogP contribution in [0.2, 0.25) is 0 Å². The van der Waals surface area contributed by atoms with E-state index in [-0.39, 0.29) is 29.1 Å². The average Bonchev–Trinajstić information content (AvgIpc) is 2.95. The molecule has 2 rings (SSSR count). The molecule has 0 unspecified atom stereocenters. The lowest BCUT2D eigenvalue weighted by Gasteiger charge is -2.17. The molecule has 0 bridgehead atoms. The SMILES string of the molecule is CCSc1ccc([N+](=O)[O-])cc1C(=O)N(C)Cc1cc(C(=O)O)c(C)o1. The van der Waals surface area contributed by atoms with Gasteiger partial charge in [-0.15, -0.1) is 11.8 Å². The summed E-state index contributed by atoms with van der Waals surface area (Å²) in [7, 11) is 1.53. The highest BCUT2D eigenvalue weighted by molar-refractivity contribution is 7.99. The summed E-state index contributed by atoms with van der Waals surface area (Å²) >= 11 is 1.41. The minimum atomic E-state index is -1.10. The van der Waals surface area contributed by atoms with Gasteiger partial charge in [0.2, 0.25) is 0 Å². The summed E-state index contributed by atoms with van der Waals surface area (Å²) in [6.07, 6.45) is 0. The van der Waals surface area contributed by atoms with Crippen molar-refractivity contribution in [3.8, 4) is 0 Å². The Morgan fingerprint density at radius 1 is 1.31 bits per heavy atom. The number of hydrogen-bond acceptors (Lipinski definition) is 6. The number of nitrogens with zero attached hydrogens (tertiary/aromatic N) is 2. The number of hydrogen-bond donors (Lipinski definition) is 1. The van der Waals surface area contributed by atoms with Crippen LogP contribution in [-0.4, -0.2) is 39.6 Å². The minimum Gasteiger partial charge on any atom is -0.478 e. The van der Waals surface area contributed by atoms with E-state index in [1.54, 1.807) is 6.07 Å². The third-order valence-electron chi connectivity index (χ3n) is 3.64. The molecule has 0 radical (unpaired) electrons. The van der Waals surface area contributed by atoms with E-state index in [9.17, 15) is 19.7 Å². The van der Waals surface area contributed by atoms with Crippen LogP contribution in [0.1, 0.15) is 39.2 Å². The summed E-state index contributed by atoms with van der Waals surface area (Å²) in [4.78, 5) is 36.3. The van der Waals surface area contributed by atoms with Gasteiger partial charge >= 0.3 is 5.97 Å². The van der Waals surface area contributed by atoms with Crippen molar-refractivity contribution >= 4 is 29.3 Å². The fourth-order valence-corrected chi connectivity index (χ4v) is 3.20. The minimum absolute atomic E-state index is 0.0402. The van der Waals surface area contributed by atoms with Crippen LogP contribution in [0.3, 0.4) is 0 Å². The second-order valence-electron chi connectivity index (χ2n) is 5.52. The molecule has 0 aliphatic carbocycles. The van der Waals surface area contributed by atoms with E-state index >= 15 is 0 Å². The van der Waals surface area contributed by atoms with Gasteiger partial charge in [0.25, 0.3) is 11.6 Å². The normalized spacial score (nSPS) is 10.6.